The van der Waals surface area contributed by atoms with Crippen LogP contribution in [0.5, 0.6) is 0 Å². The summed E-state index contributed by atoms with van der Waals surface area (Å²) in [5.41, 5.74) is 5.33. The van der Waals surface area contributed by atoms with E-state index < -0.39 is 32.5 Å². The van der Waals surface area contributed by atoms with Crippen molar-refractivity contribution in [3.05, 3.63) is 24.3 Å². The summed E-state index contributed by atoms with van der Waals surface area (Å²) in [6, 6.07) is 0. The van der Waals surface area contributed by atoms with E-state index >= 15 is 0 Å². The van der Waals surface area contributed by atoms with Crippen molar-refractivity contribution in [2.75, 3.05) is 26.4 Å². The number of hydrogen-bond donors (Lipinski definition) is 2. The molecule has 0 fully saturated rings. The van der Waals surface area contributed by atoms with Gasteiger partial charge in [-0.1, -0.05) is 141 Å². The van der Waals surface area contributed by atoms with Gasteiger partial charge in [0, 0.05) is 19.4 Å². The molecular weight excluding hydrogens is 641 g/mol. The lowest BCUT2D eigenvalue weighted by molar-refractivity contribution is -0.161. The van der Waals surface area contributed by atoms with Gasteiger partial charge in [0.05, 0.1) is 13.2 Å². The van der Waals surface area contributed by atoms with E-state index in [2.05, 4.69) is 32.1 Å². The second-order valence-electron chi connectivity index (χ2n) is 13.1. The van der Waals surface area contributed by atoms with Crippen molar-refractivity contribution >= 4 is 19.8 Å². The third-order valence-electron chi connectivity index (χ3n) is 8.32. The maximum absolute atomic E-state index is 12.5. The zero-order chi connectivity index (χ0) is 36.1. The monoisotopic (exact) mass is 716 g/mol. The summed E-state index contributed by atoms with van der Waals surface area (Å²) < 4.78 is 32.6. The summed E-state index contributed by atoms with van der Waals surface area (Å²) in [6.45, 7) is 3.66. The molecule has 2 atom stereocenters. The number of carbonyl (C=O) groups is 2. The average Bonchev–Trinajstić information content (AvgIpc) is 3.08. The van der Waals surface area contributed by atoms with Crippen LogP contribution in [0.2, 0.25) is 0 Å². The zero-order valence-electron chi connectivity index (χ0n) is 31.4. The first-order valence-corrected chi connectivity index (χ1v) is 21.3. The summed E-state index contributed by atoms with van der Waals surface area (Å²) in [7, 11) is -4.38. The standard InChI is InChI=1S/C39H74NO8P/c1-3-5-7-9-11-13-15-17-18-20-21-23-25-27-29-31-38(41)45-35-37(36-47-49(43,44)46-34-33-40)48-39(42)32-30-28-26-24-22-19-16-14-12-10-8-6-4-2/h19,22,25,27,37H,3-18,20-21,23-24,26,28-36,40H2,1-2H3,(H,43,44)/b22-19+,27-25+/t37-/m1/s1. The van der Waals surface area contributed by atoms with E-state index in [9.17, 15) is 19.0 Å². The van der Waals surface area contributed by atoms with Crippen LogP contribution in [0, 0.1) is 0 Å². The Morgan fingerprint density at radius 3 is 1.53 bits per heavy atom. The first-order chi connectivity index (χ1) is 23.8. The van der Waals surface area contributed by atoms with Crippen LogP contribution < -0.4 is 5.73 Å². The first-order valence-electron chi connectivity index (χ1n) is 19.8. The predicted molar refractivity (Wildman–Crippen MR) is 201 cm³/mol. The Hall–Kier alpha value is -1.51. The van der Waals surface area contributed by atoms with E-state index in [0.717, 1.165) is 38.5 Å². The molecule has 0 aromatic rings. The Bertz CT molecular complexity index is 866. The van der Waals surface area contributed by atoms with Crippen molar-refractivity contribution in [2.24, 2.45) is 5.73 Å². The first kappa shape index (κ1) is 47.5. The third kappa shape index (κ3) is 36.1. The topological polar surface area (TPSA) is 134 Å². The molecule has 0 amide bonds. The summed E-state index contributed by atoms with van der Waals surface area (Å²) in [4.78, 5) is 34.7. The largest absolute Gasteiger partial charge is 0.472 e. The summed E-state index contributed by atoms with van der Waals surface area (Å²) >= 11 is 0. The van der Waals surface area contributed by atoms with Crippen molar-refractivity contribution in [2.45, 2.75) is 187 Å². The molecule has 0 heterocycles. The van der Waals surface area contributed by atoms with E-state index in [1.807, 2.05) is 6.08 Å². The minimum atomic E-state index is -4.38. The highest BCUT2D eigenvalue weighted by Gasteiger charge is 2.25. The number of phosphoric ester groups is 1. The van der Waals surface area contributed by atoms with Crippen LogP contribution in [0.15, 0.2) is 24.3 Å². The van der Waals surface area contributed by atoms with Gasteiger partial charge in [0.1, 0.15) is 6.61 Å². The predicted octanol–water partition coefficient (Wildman–Crippen LogP) is 10.8. The van der Waals surface area contributed by atoms with E-state index in [1.54, 1.807) is 0 Å². The lowest BCUT2D eigenvalue weighted by atomic mass is 10.1. The lowest BCUT2D eigenvalue weighted by Crippen LogP contribution is -2.29. The Morgan fingerprint density at radius 2 is 1.04 bits per heavy atom. The van der Waals surface area contributed by atoms with Crippen LogP contribution in [0.3, 0.4) is 0 Å². The van der Waals surface area contributed by atoms with Crippen molar-refractivity contribution < 1.29 is 37.6 Å². The van der Waals surface area contributed by atoms with Crippen molar-refractivity contribution in [1.29, 1.82) is 0 Å². The van der Waals surface area contributed by atoms with Crippen LogP contribution in [0.4, 0.5) is 0 Å². The number of phosphoric acid groups is 1. The normalized spacial score (nSPS) is 13.6. The van der Waals surface area contributed by atoms with E-state index in [4.69, 9.17) is 24.3 Å². The summed E-state index contributed by atoms with van der Waals surface area (Å²) in [5.74, 6) is -0.902. The highest BCUT2D eigenvalue weighted by molar-refractivity contribution is 7.47. The minimum Gasteiger partial charge on any atom is -0.462 e. The molecule has 0 rings (SSSR count). The number of carbonyl (C=O) groups excluding carboxylic acids is 2. The van der Waals surface area contributed by atoms with Crippen molar-refractivity contribution in [1.82, 2.24) is 0 Å². The molecule has 0 radical (unpaired) electrons. The quantitative estimate of drug-likeness (QED) is 0.0279. The van der Waals surface area contributed by atoms with Crippen molar-refractivity contribution in [3.8, 4) is 0 Å². The highest BCUT2D eigenvalue weighted by Crippen LogP contribution is 2.43. The van der Waals surface area contributed by atoms with Crippen LogP contribution in [0.25, 0.3) is 0 Å². The Morgan fingerprint density at radius 1 is 0.592 bits per heavy atom. The summed E-state index contributed by atoms with van der Waals surface area (Å²) in [5, 5.41) is 0. The molecule has 0 aromatic carbocycles. The fourth-order valence-electron chi connectivity index (χ4n) is 5.35. The second-order valence-corrected chi connectivity index (χ2v) is 14.6. The Labute approximate surface area is 300 Å². The van der Waals surface area contributed by atoms with Gasteiger partial charge in [-0.15, -0.1) is 0 Å². The molecule has 10 heteroatoms. The molecule has 0 aromatic heterocycles. The lowest BCUT2D eigenvalue weighted by Gasteiger charge is -2.19. The van der Waals surface area contributed by atoms with Gasteiger partial charge in [-0.2, -0.15) is 0 Å². The molecule has 3 N–H and O–H groups in total. The molecule has 1 unspecified atom stereocenters. The number of esters is 2. The number of hydrogen-bond acceptors (Lipinski definition) is 8. The van der Waals surface area contributed by atoms with Gasteiger partial charge in [0.25, 0.3) is 0 Å². The SMILES string of the molecule is CCCCCCCC/C=C/CCCCCC(=O)O[C@H](COC(=O)CC/C=C/CCCCCCCCCCCCC)COP(=O)(O)OCCN. The van der Waals surface area contributed by atoms with Gasteiger partial charge in [0.2, 0.25) is 0 Å². The third-order valence-corrected chi connectivity index (χ3v) is 9.31. The minimum absolute atomic E-state index is 0.0482. The Kier molecular flexibility index (Phi) is 35.2. The van der Waals surface area contributed by atoms with Gasteiger partial charge in [0.15, 0.2) is 6.10 Å². The molecule has 0 spiro atoms. The smallest absolute Gasteiger partial charge is 0.462 e. The molecule has 0 bridgehead atoms. The van der Waals surface area contributed by atoms with Gasteiger partial charge in [-0.05, 0) is 51.4 Å². The molecule has 0 saturated carbocycles. The van der Waals surface area contributed by atoms with Crippen LogP contribution in [-0.4, -0.2) is 49.3 Å². The number of allylic oxidation sites excluding steroid dienone is 4. The molecule has 0 aliphatic heterocycles. The molecular formula is C39H74NO8P. The van der Waals surface area contributed by atoms with Gasteiger partial charge >= 0.3 is 19.8 Å². The second kappa shape index (κ2) is 36.3. The maximum Gasteiger partial charge on any atom is 0.472 e. The zero-order valence-corrected chi connectivity index (χ0v) is 32.3. The molecule has 0 aliphatic carbocycles. The summed E-state index contributed by atoms with van der Waals surface area (Å²) in [6.07, 6.45) is 36.5. The fraction of sp³-hybridized carbons (Fsp3) is 0.846. The number of nitrogens with two attached hydrogens (primary N) is 1. The number of unbranched alkanes of at least 4 members (excludes halogenated alkanes) is 20. The van der Waals surface area contributed by atoms with Gasteiger partial charge in [-0.3, -0.25) is 18.6 Å². The van der Waals surface area contributed by atoms with Gasteiger partial charge in [-0.25, -0.2) is 4.57 Å². The highest BCUT2D eigenvalue weighted by atomic mass is 31.2. The Balaban J connectivity index is 4.26. The molecule has 0 saturated heterocycles. The molecule has 9 nitrogen and oxygen atoms in total. The van der Waals surface area contributed by atoms with Crippen LogP contribution in [-0.2, 0) is 32.7 Å². The molecule has 0 aliphatic rings. The van der Waals surface area contributed by atoms with Crippen LogP contribution >= 0.6 is 7.82 Å². The van der Waals surface area contributed by atoms with E-state index in [-0.39, 0.29) is 32.6 Å². The van der Waals surface area contributed by atoms with E-state index in [0.29, 0.717) is 12.8 Å². The maximum atomic E-state index is 12.5. The fourth-order valence-corrected chi connectivity index (χ4v) is 6.12. The molecule has 288 valence electrons. The number of ether oxygens (including phenoxy) is 2. The van der Waals surface area contributed by atoms with Crippen molar-refractivity contribution in [3.63, 3.8) is 0 Å². The number of rotatable bonds is 37. The van der Waals surface area contributed by atoms with Crippen LogP contribution in [0.1, 0.15) is 181 Å². The van der Waals surface area contributed by atoms with Gasteiger partial charge < -0.3 is 20.1 Å². The average molecular weight is 716 g/mol. The van der Waals surface area contributed by atoms with E-state index in [1.165, 1.54) is 103 Å². The molecule has 49 heavy (non-hydrogen) atoms.